The van der Waals surface area contributed by atoms with Crippen LogP contribution in [0.2, 0.25) is 0 Å². The van der Waals surface area contributed by atoms with Crippen LogP contribution in [0.15, 0.2) is 5.10 Å². The van der Waals surface area contributed by atoms with Crippen LogP contribution in [0.25, 0.3) is 0 Å². The molecule has 0 bridgehead atoms. The number of rotatable bonds is 2. The summed E-state index contributed by atoms with van der Waals surface area (Å²) in [7, 11) is 0. The van der Waals surface area contributed by atoms with Crippen molar-refractivity contribution in [3.05, 3.63) is 0 Å². The van der Waals surface area contributed by atoms with E-state index < -0.39 is 6.09 Å². The standard InChI is InChI=1S/C10H18N2O2/c1-3-14-10(13)12-11-9-7-5-4-6-8(9)2/h8H,3-7H2,1-2H3,(H,12,13)/b11-9-/t8-/m0/s1. The molecule has 4 nitrogen and oxygen atoms in total. The van der Waals surface area contributed by atoms with Gasteiger partial charge in [0.1, 0.15) is 0 Å². The zero-order valence-corrected chi connectivity index (χ0v) is 8.88. The Hall–Kier alpha value is -1.06. The van der Waals surface area contributed by atoms with Crippen LogP contribution in [-0.4, -0.2) is 18.4 Å². The summed E-state index contributed by atoms with van der Waals surface area (Å²) in [6.45, 7) is 4.30. The van der Waals surface area contributed by atoms with Gasteiger partial charge in [-0.25, -0.2) is 10.2 Å². The van der Waals surface area contributed by atoms with Gasteiger partial charge in [-0.15, -0.1) is 0 Å². The maximum atomic E-state index is 11.0. The van der Waals surface area contributed by atoms with E-state index in [0.29, 0.717) is 12.5 Å². The minimum atomic E-state index is -0.460. The molecule has 0 aliphatic heterocycles. The predicted molar refractivity (Wildman–Crippen MR) is 55.2 cm³/mol. The van der Waals surface area contributed by atoms with Gasteiger partial charge >= 0.3 is 6.09 Å². The van der Waals surface area contributed by atoms with Crippen molar-refractivity contribution in [2.45, 2.75) is 39.5 Å². The third-order valence-corrected chi connectivity index (χ3v) is 2.46. The number of hydrogen-bond acceptors (Lipinski definition) is 3. The van der Waals surface area contributed by atoms with Crippen molar-refractivity contribution in [3.63, 3.8) is 0 Å². The van der Waals surface area contributed by atoms with Gasteiger partial charge in [0, 0.05) is 5.71 Å². The second kappa shape index (κ2) is 5.62. The summed E-state index contributed by atoms with van der Waals surface area (Å²) in [5.41, 5.74) is 3.50. The third kappa shape index (κ3) is 3.36. The van der Waals surface area contributed by atoms with Gasteiger partial charge < -0.3 is 4.74 Å². The molecule has 0 aromatic rings. The lowest BCUT2D eigenvalue weighted by Crippen LogP contribution is -2.24. The quantitative estimate of drug-likeness (QED) is 0.692. The summed E-state index contributed by atoms with van der Waals surface area (Å²) in [5, 5.41) is 4.07. The molecule has 1 N–H and O–H groups in total. The van der Waals surface area contributed by atoms with Gasteiger partial charge in [-0.3, -0.25) is 0 Å². The van der Waals surface area contributed by atoms with Gasteiger partial charge in [-0.05, 0) is 32.1 Å². The Bertz CT molecular complexity index is 226. The van der Waals surface area contributed by atoms with E-state index >= 15 is 0 Å². The molecule has 1 fully saturated rings. The Morgan fingerprint density at radius 3 is 3.07 bits per heavy atom. The number of hydrogen-bond donors (Lipinski definition) is 1. The molecule has 0 saturated heterocycles. The van der Waals surface area contributed by atoms with E-state index in [1.807, 2.05) is 0 Å². The highest BCUT2D eigenvalue weighted by Crippen LogP contribution is 2.20. The van der Waals surface area contributed by atoms with Crippen LogP contribution in [0.3, 0.4) is 0 Å². The van der Waals surface area contributed by atoms with E-state index in [9.17, 15) is 4.79 Å². The van der Waals surface area contributed by atoms with E-state index in [2.05, 4.69) is 17.5 Å². The molecule has 0 radical (unpaired) electrons. The summed E-state index contributed by atoms with van der Waals surface area (Å²) in [6.07, 6.45) is 4.14. The number of amides is 1. The summed E-state index contributed by atoms with van der Waals surface area (Å²) < 4.78 is 4.71. The maximum Gasteiger partial charge on any atom is 0.427 e. The van der Waals surface area contributed by atoms with Gasteiger partial charge in [-0.1, -0.05) is 13.3 Å². The molecule has 1 amide bonds. The van der Waals surface area contributed by atoms with Crippen LogP contribution in [-0.2, 0) is 4.74 Å². The molecule has 1 saturated carbocycles. The molecule has 4 heteroatoms. The van der Waals surface area contributed by atoms with Crippen molar-refractivity contribution in [2.24, 2.45) is 11.0 Å². The normalized spacial score (nSPS) is 24.7. The van der Waals surface area contributed by atoms with Gasteiger partial charge in [0.05, 0.1) is 6.61 Å². The van der Waals surface area contributed by atoms with Gasteiger partial charge in [0.15, 0.2) is 0 Å². The lowest BCUT2D eigenvalue weighted by molar-refractivity contribution is 0.152. The van der Waals surface area contributed by atoms with E-state index in [4.69, 9.17) is 4.74 Å². The zero-order valence-electron chi connectivity index (χ0n) is 8.88. The fourth-order valence-electron chi connectivity index (χ4n) is 1.62. The van der Waals surface area contributed by atoms with Crippen molar-refractivity contribution in [1.82, 2.24) is 5.43 Å². The molecule has 0 aromatic heterocycles. The van der Waals surface area contributed by atoms with E-state index in [1.165, 1.54) is 19.3 Å². The smallest absolute Gasteiger partial charge is 0.427 e. The molecule has 1 aliphatic rings. The molecular weight excluding hydrogens is 180 g/mol. The van der Waals surface area contributed by atoms with Gasteiger partial charge in [-0.2, -0.15) is 5.10 Å². The van der Waals surface area contributed by atoms with Gasteiger partial charge in [0.25, 0.3) is 0 Å². The first-order valence-electron chi connectivity index (χ1n) is 5.23. The fraction of sp³-hybridized carbons (Fsp3) is 0.800. The first kappa shape index (κ1) is 11.0. The Morgan fingerprint density at radius 1 is 1.64 bits per heavy atom. The van der Waals surface area contributed by atoms with Crippen molar-refractivity contribution in [1.29, 1.82) is 0 Å². The summed E-state index contributed by atoms with van der Waals surface area (Å²) in [6, 6.07) is 0. The molecule has 1 atom stereocenters. The number of nitrogens with one attached hydrogen (secondary N) is 1. The first-order chi connectivity index (χ1) is 6.74. The van der Waals surface area contributed by atoms with Crippen LogP contribution in [0.4, 0.5) is 4.79 Å². The van der Waals surface area contributed by atoms with Crippen molar-refractivity contribution in [3.8, 4) is 0 Å². The number of hydrazone groups is 1. The topological polar surface area (TPSA) is 50.7 Å². The molecule has 80 valence electrons. The Labute approximate surface area is 84.7 Å². The van der Waals surface area contributed by atoms with Crippen LogP contribution in [0.1, 0.15) is 39.5 Å². The maximum absolute atomic E-state index is 11.0. The van der Waals surface area contributed by atoms with Crippen molar-refractivity contribution >= 4 is 11.8 Å². The SMILES string of the molecule is CCOC(=O)N/N=C1/CCCC[C@@H]1C. The van der Waals surface area contributed by atoms with Crippen LogP contribution >= 0.6 is 0 Å². The lowest BCUT2D eigenvalue weighted by Gasteiger charge is -2.19. The monoisotopic (exact) mass is 198 g/mol. The molecule has 1 aliphatic carbocycles. The lowest BCUT2D eigenvalue weighted by atomic mass is 9.89. The molecule has 0 heterocycles. The molecular formula is C10H18N2O2. The third-order valence-electron chi connectivity index (χ3n) is 2.46. The zero-order chi connectivity index (χ0) is 10.4. The molecule has 0 unspecified atom stereocenters. The predicted octanol–water partition coefficient (Wildman–Crippen LogP) is 2.30. The largest absolute Gasteiger partial charge is 0.449 e. The van der Waals surface area contributed by atoms with E-state index in [0.717, 1.165) is 12.1 Å². The second-order valence-electron chi connectivity index (χ2n) is 3.58. The highest BCUT2D eigenvalue weighted by atomic mass is 16.5. The van der Waals surface area contributed by atoms with Crippen molar-refractivity contribution < 1.29 is 9.53 Å². The highest BCUT2D eigenvalue weighted by molar-refractivity contribution is 5.87. The molecule has 0 spiro atoms. The van der Waals surface area contributed by atoms with Crippen molar-refractivity contribution in [2.75, 3.05) is 6.61 Å². The Kier molecular flexibility index (Phi) is 4.43. The van der Waals surface area contributed by atoms with Crippen LogP contribution in [0, 0.1) is 5.92 Å². The van der Waals surface area contributed by atoms with Gasteiger partial charge in [0.2, 0.25) is 0 Å². The van der Waals surface area contributed by atoms with Crippen LogP contribution in [0.5, 0.6) is 0 Å². The molecule has 14 heavy (non-hydrogen) atoms. The number of carbonyl (C=O) groups excluding carboxylic acids is 1. The minimum absolute atomic E-state index is 0.381. The fourth-order valence-corrected chi connectivity index (χ4v) is 1.62. The number of carbonyl (C=O) groups is 1. The number of nitrogens with zero attached hydrogens (tertiary/aromatic N) is 1. The summed E-state index contributed by atoms with van der Waals surface area (Å²) >= 11 is 0. The Balaban J connectivity index is 2.38. The van der Waals surface area contributed by atoms with E-state index in [1.54, 1.807) is 6.92 Å². The Morgan fingerprint density at radius 2 is 2.43 bits per heavy atom. The van der Waals surface area contributed by atoms with E-state index in [-0.39, 0.29) is 0 Å². The second-order valence-corrected chi connectivity index (χ2v) is 3.58. The summed E-state index contributed by atoms with van der Waals surface area (Å²) in [5.74, 6) is 0.491. The molecule has 0 aromatic carbocycles. The first-order valence-corrected chi connectivity index (χ1v) is 5.23. The number of ether oxygens (including phenoxy) is 1. The molecule has 1 rings (SSSR count). The summed E-state index contributed by atoms with van der Waals surface area (Å²) in [4.78, 5) is 11.0. The minimum Gasteiger partial charge on any atom is -0.449 e. The average Bonchev–Trinajstić information content (AvgIpc) is 2.17. The highest BCUT2D eigenvalue weighted by Gasteiger charge is 2.15. The van der Waals surface area contributed by atoms with Crippen LogP contribution < -0.4 is 5.43 Å². The average molecular weight is 198 g/mol.